The molecular formula is C12H28O2Si. The van der Waals surface area contributed by atoms with Gasteiger partial charge in [0.1, 0.15) is 0 Å². The van der Waals surface area contributed by atoms with E-state index in [0.29, 0.717) is 11.8 Å². The van der Waals surface area contributed by atoms with Crippen molar-refractivity contribution in [1.82, 2.24) is 0 Å². The Bertz CT molecular complexity index is 144. The summed E-state index contributed by atoms with van der Waals surface area (Å²) in [7, 11) is 1.73. The van der Waals surface area contributed by atoms with Crippen LogP contribution in [0.5, 0.6) is 0 Å². The monoisotopic (exact) mass is 232 g/mol. The molecule has 0 heterocycles. The normalized spacial score (nSPS) is 16.4. The molecule has 0 spiro atoms. The highest BCUT2D eigenvalue weighted by Crippen LogP contribution is 2.28. The van der Waals surface area contributed by atoms with Gasteiger partial charge in [0.05, 0.1) is 0 Å². The average molecular weight is 232 g/mol. The van der Waals surface area contributed by atoms with Gasteiger partial charge in [0.15, 0.2) is 0 Å². The van der Waals surface area contributed by atoms with Crippen LogP contribution in [0.15, 0.2) is 0 Å². The molecular weight excluding hydrogens is 204 g/mol. The Kier molecular flexibility index (Phi) is 7.48. The predicted octanol–water partition coefficient (Wildman–Crippen LogP) is 3.81. The molecule has 0 fully saturated rings. The number of rotatable bonds is 8. The third kappa shape index (κ3) is 5.14. The van der Waals surface area contributed by atoms with Gasteiger partial charge in [0.2, 0.25) is 0 Å². The van der Waals surface area contributed by atoms with Gasteiger partial charge in [-0.25, -0.2) is 0 Å². The van der Waals surface area contributed by atoms with Crippen LogP contribution in [0.3, 0.4) is 0 Å². The van der Waals surface area contributed by atoms with Gasteiger partial charge in [0.25, 0.3) is 0 Å². The Morgan fingerprint density at radius 3 is 1.40 bits per heavy atom. The van der Waals surface area contributed by atoms with Crippen LogP contribution in [-0.4, -0.2) is 22.8 Å². The molecule has 0 saturated carbocycles. The highest BCUT2D eigenvalue weighted by molar-refractivity contribution is 6.67. The Balaban J connectivity index is 4.42. The van der Waals surface area contributed by atoms with Crippen LogP contribution in [-0.2, 0) is 8.85 Å². The first kappa shape index (κ1) is 15.1. The van der Waals surface area contributed by atoms with Gasteiger partial charge in [-0.15, -0.1) is 0 Å². The molecule has 0 rings (SSSR count). The summed E-state index contributed by atoms with van der Waals surface area (Å²) in [4.78, 5) is 0. The lowest BCUT2D eigenvalue weighted by Crippen LogP contribution is -2.42. The van der Waals surface area contributed by atoms with Crippen LogP contribution < -0.4 is 0 Å². The minimum atomic E-state index is -1.91. The van der Waals surface area contributed by atoms with Gasteiger partial charge >= 0.3 is 8.56 Å². The first-order valence-corrected chi connectivity index (χ1v) is 8.36. The predicted molar refractivity (Wildman–Crippen MR) is 68.3 cm³/mol. The van der Waals surface area contributed by atoms with Crippen molar-refractivity contribution >= 4 is 8.56 Å². The maximum absolute atomic E-state index is 5.75. The van der Waals surface area contributed by atoms with E-state index >= 15 is 0 Å². The molecule has 0 amide bonds. The summed E-state index contributed by atoms with van der Waals surface area (Å²) >= 11 is 0. The van der Waals surface area contributed by atoms with Crippen LogP contribution in [0.1, 0.15) is 40.5 Å². The van der Waals surface area contributed by atoms with E-state index in [9.17, 15) is 0 Å². The first-order valence-electron chi connectivity index (χ1n) is 6.13. The molecule has 0 bridgehead atoms. The lowest BCUT2D eigenvalue weighted by Gasteiger charge is -2.31. The molecule has 0 N–H and O–H groups in total. The van der Waals surface area contributed by atoms with Crippen molar-refractivity contribution in [2.75, 3.05) is 14.2 Å². The maximum Gasteiger partial charge on any atom is 0.338 e. The fraction of sp³-hybridized carbons (Fsp3) is 1.00. The molecule has 15 heavy (non-hydrogen) atoms. The number of hydrogen-bond donors (Lipinski definition) is 0. The molecule has 2 unspecified atom stereocenters. The highest BCUT2D eigenvalue weighted by Gasteiger charge is 2.37. The molecule has 92 valence electrons. The van der Waals surface area contributed by atoms with Gasteiger partial charge in [-0.05, 0) is 23.9 Å². The molecule has 0 saturated heterocycles. The van der Waals surface area contributed by atoms with Gasteiger partial charge in [-0.2, -0.15) is 0 Å². The Morgan fingerprint density at radius 2 is 1.20 bits per heavy atom. The van der Waals surface area contributed by atoms with E-state index < -0.39 is 8.56 Å². The summed E-state index contributed by atoms with van der Waals surface area (Å²) in [5.41, 5.74) is 0. The molecule has 0 aromatic rings. The summed E-state index contributed by atoms with van der Waals surface area (Å²) in [5.74, 6) is 1.42. The minimum absolute atomic E-state index is 0.709. The molecule has 0 aliphatic carbocycles. The standard InChI is InChI=1S/C12H28O2Si/c1-7-11(3)9-15(13-5,14-6)10-12(4)8-2/h11-12H,7-10H2,1-6H3. The molecule has 3 heteroatoms. The van der Waals surface area contributed by atoms with Gasteiger partial charge < -0.3 is 8.85 Å². The van der Waals surface area contributed by atoms with Crippen LogP contribution in [0.2, 0.25) is 12.1 Å². The van der Waals surface area contributed by atoms with Crippen molar-refractivity contribution in [3.63, 3.8) is 0 Å². The summed E-state index contributed by atoms with van der Waals surface area (Å²) in [5, 5.41) is 0. The van der Waals surface area contributed by atoms with Crippen LogP contribution in [0.25, 0.3) is 0 Å². The largest absolute Gasteiger partial charge is 0.398 e. The molecule has 0 aromatic heterocycles. The quantitative estimate of drug-likeness (QED) is 0.592. The molecule has 0 aliphatic heterocycles. The van der Waals surface area contributed by atoms with Crippen molar-refractivity contribution in [2.24, 2.45) is 11.8 Å². The lowest BCUT2D eigenvalue weighted by molar-refractivity contribution is 0.227. The zero-order chi connectivity index (χ0) is 11.9. The second kappa shape index (κ2) is 7.42. The second-order valence-electron chi connectivity index (χ2n) is 4.75. The lowest BCUT2D eigenvalue weighted by atomic mass is 10.1. The zero-order valence-corrected chi connectivity index (χ0v) is 12.3. The fourth-order valence-electron chi connectivity index (χ4n) is 1.85. The van der Waals surface area contributed by atoms with Crippen LogP contribution in [0.4, 0.5) is 0 Å². The van der Waals surface area contributed by atoms with Gasteiger partial charge in [0, 0.05) is 14.2 Å². The maximum atomic E-state index is 5.75. The number of hydrogen-bond acceptors (Lipinski definition) is 2. The summed E-state index contributed by atoms with van der Waals surface area (Å²) in [6.45, 7) is 9.05. The van der Waals surface area contributed by atoms with Crippen molar-refractivity contribution in [2.45, 2.75) is 52.6 Å². The van der Waals surface area contributed by atoms with E-state index in [4.69, 9.17) is 8.85 Å². The van der Waals surface area contributed by atoms with E-state index in [1.165, 1.54) is 12.8 Å². The third-order valence-corrected chi connectivity index (χ3v) is 7.58. The van der Waals surface area contributed by atoms with Gasteiger partial charge in [-0.1, -0.05) is 40.5 Å². The van der Waals surface area contributed by atoms with Crippen LogP contribution >= 0.6 is 0 Å². The molecule has 2 nitrogen and oxygen atoms in total. The van der Waals surface area contributed by atoms with Crippen molar-refractivity contribution < 1.29 is 8.85 Å². The second-order valence-corrected chi connectivity index (χ2v) is 8.21. The molecule has 0 aliphatic rings. The third-order valence-electron chi connectivity index (χ3n) is 3.46. The van der Waals surface area contributed by atoms with Crippen LogP contribution in [0, 0.1) is 11.8 Å². The topological polar surface area (TPSA) is 18.5 Å². The van der Waals surface area contributed by atoms with E-state index in [1.807, 2.05) is 14.2 Å². The van der Waals surface area contributed by atoms with Crippen molar-refractivity contribution in [3.8, 4) is 0 Å². The summed E-state index contributed by atoms with van der Waals surface area (Å²) < 4.78 is 11.5. The minimum Gasteiger partial charge on any atom is -0.398 e. The average Bonchev–Trinajstić information content (AvgIpc) is 2.27. The Labute approximate surface area is 96.6 Å². The highest BCUT2D eigenvalue weighted by atomic mass is 28.4. The van der Waals surface area contributed by atoms with E-state index in [0.717, 1.165) is 12.1 Å². The molecule has 0 aromatic carbocycles. The summed E-state index contributed by atoms with van der Waals surface area (Å²) in [6.07, 6.45) is 2.42. The molecule has 0 radical (unpaired) electrons. The van der Waals surface area contributed by atoms with Crippen molar-refractivity contribution in [1.29, 1.82) is 0 Å². The SMILES string of the molecule is CCC(C)C[Si](CC(C)CC)(OC)OC. The van der Waals surface area contributed by atoms with E-state index in [2.05, 4.69) is 27.7 Å². The Hall–Kier alpha value is 0.137. The Morgan fingerprint density at radius 1 is 0.867 bits per heavy atom. The first-order chi connectivity index (χ1) is 7.03. The van der Waals surface area contributed by atoms with Gasteiger partial charge in [-0.3, -0.25) is 0 Å². The zero-order valence-electron chi connectivity index (χ0n) is 11.3. The summed E-state index contributed by atoms with van der Waals surface area (Å²) in [6, 6.07) is 2.25. The van der Waals surface area contributed by atoms with Crippen molar-refractivity contribution in [3.05, 3.63) is 0 Å². The fourth-order valence-corrected chi connectivity index (χ4v) is 5.55. The molecule has 2 atom stereocenters. The van der Waals surface area contributed by atoms with E-state index in [1.54, 1.807) is 0 Å². The smallest absolute Gasteiger partial charge is 0.338 e. The van der Waals surface area contributed by atoms with E-state index in [-0.39, 0.29) is 0 Å².